The molecule has 1 fully saturated rings. The Kier molecular flexibility index (Phi) is 9.22. The molecule has 1 aromatic rings. The molecule has 0 spiro atoms. The Morgan fingerprint density at radius 2 is 1.77 bits per heavy atom. The number of carbonyl (C=O) groups excluding carboxylic acids is 4. The number of hydroxylamine groups is 2. The third-order valence-corrected chi connectivity index (χ3v) is 4.21. The third kappa shape index (κ3) is 7.86. The summed E-state index contributed by atoms with van der Waals surface area (Å²) in [4.78, 5) is 61.7. The Balaban J connectivity index is 1.54. The van der Waals surface area contributed by atoms with Crippen LogP contribution in [0.25, 0.3) is 0 Å². The van der Waals surface area contributed by atoms with Crippen molar-refractivity contribution in [2.24, 2.45) is 5.29 Å². The molecule has 0 saturated carbocycles. The van der Waals surface area contributed by atoms with E-state index in [1.807, 2.05) is 30.3 Å². The zero-order chi connectivity index (χ0) is 21.8. The van der Waals surface area contributed by atoms with Crippen molar-refractivity contribution >= 4 is 23.9 Å². The summed E-state index contributed by atoms with van der Waals surface area (Å²) in [5.41, 5.74) is 0.886. The molecular formula is C19H24N4O7. The van der Waals surface area contributed by atoms with Crippen molar-refractivity contribution < 1.29 is 28.8 Å². The van der Waals surface area contributed by atoms with Crippen LogP contribution in [0.1, 0.15) is 37.7 Å². The summed E-state index contributed by atoms with van der Waals surface area (Å²) in [5.74, 6) is -1.92. The van der Waals surface area contributed by atoms with E-state index in [4.69, 9.17) is 9.57 Å². The van der Waals surface area contributed by atoms with E-state index in [1.54, 1.807) is 0 Å². The Labute approximate surface area is 173 Å². The number of unbranched alkanes of at least 4 members (excludes halogenated alkanes) is 1. The Bertz CT molecular complexity index is 741. The van der Waals surface area contributed by atoms with Crippen LogP contribution in [-0.2, 0) is 30.6 Å². The number of carbonyl (C=O) groups is 4. The second-order valence-corrected chi connectivity index (χ2v) is 6.53. The maximum absolute atomic E-state index is 11.7. The minimum atomic E-state index is -0.796. The first-order chi connectivity index (χ1) is 14.5. The van der Waals surface area contributed by atoms with E-state index in [9.17, 15) is 24.1 Å². The average Bonchev–Trinajstić information content (AvgIpc) is 3.07. The number of hydrogen-bond donors (Lipinski definition) is 1. The number of ether oxygens (including phenoxy) is 1. The molecule has 1 saturated heterocycles. The minimum absolute atomic E-state index is 0.00883. The van der Waals surface area contributed by atoms with Gasteiger partial charge in [0.05, 0.1) is 11.7 Å². The van der Waals surface area contributed by atoms with E-state index in [1.165, 1.54) is 0 Å². The SMILES string of the molecule is O=NN(CCCCNC(=O)OCc1ccccc1)CCC(=O)ON1C(=O)CCC1=O. The highest BCUT2D eigenvalue weighted by Crippen LogP contribution is 2.12. The summed E-state index contributed by atoms with van der Waals surface area (Å²) < 4.78 is 5.08. The van der Waals surface area contributed by atoms with Crippen molar-refractivity contribution in [3.8, 4) is 0 Å². The number of alkyl carbamates (subject to hydrolysis) is 1. The lowest BCUT2D eigenvalue weighted by Gasteiger charge is -2.16. The number of amides is 3. The number of nitrogens with zero attached hydrogens (tertiary/aromatic N) is 3. The molecule has 11 heteroatoms. The molecule has 0 radical (unpaired) electrons. The zero-order valence-electron chi connectivity index (χ0n) is 16.5. The molecule has 11 nitrogen and oxygen atoms in total. The van der Waals surface area contributed by atoms with Gasteiger partial charge >= 0.3 is 12.1 Å². The van der Waals surface area contributed by atoms with Gasteiger partial charge in [0.2, 0.25) is 0 Å². The fourth-order valence-corrected chi connectivity index (χ4v) is 2.60. The second-order valence-electron chi connectivity index (χ2n) is 6.53. The van der Waals surface area contributed by atoms with Crippen LogP contribution in [0.2, 0.25) is 0 Å². The predicted octanol–water partition coefficient (Wildman–Crippen LogP) is 1.67. The van der Waals surface area contributed by atoms with E-state index in [-0.39, 0.29) is 39.0 Å². The van der Waals surface area contributed by atoms with Crippen LogP contribution >= 0.6 is 0 Å². The number of nitroso groups, excluding NO2 is 1. The minimum Gasteiger partial charge on any atom is -0.445 e. The summed E-state index contributed by atoms with van der Waals surface area (Å²) in [6.45, 7) is 0.811. The molecule has 0 aromatic heterocycles. The van der Waals surface area contributed by atoms with Crippen molar-refractivity contribution in [3.05, 3.63) is 40.8 Å². The molecule has 2 rings (SSSR count). The van der Waals surface area contributed by atoms with Gasteiger partial charge in [-0.2, -0.15) is 0 Å². The van der Waals surface area contributed by atoms with Crippen LogP contribution in [0.15, 0.2) is 35.6 Å². The van der Waals surface area contributed by atoms with Gasteiger partial charge in [0, 0.05) is 32.5 Å². The molecule has 0 atom stereocenters. The fraction of sp³-hybridized carbons (Fsp3) is 0.474. The van der Waals surface area contributed by atoms with Crippen LogP contribution in [0.3, 0.4) is 0 Å². The zero-order valence-corrected chi connectivity index (χ0v) is 16.5. The van der Waals surface area contributed by atoms with Crippen molar-refractivity contribution in [2.45, 2.75) is 38.7 Å². The van der Waals surface area contributed by atoms with Crippen LogP contribution in [0.4, 0.5) is 4.79 Å². The van der Waals surface area contributed by atoms with Gasteiger partial charge in [-0.05, 0) is 18.4 Å². The van der Waals surface area contributed by atoms with Crippen LogP contribution in [-0.4, -0.2) is 53.6 Å². The van der Waals surface area contributed by atoms with Crippen molar-refractivity contribution in [1.82, 2.24) is 15.4 Å². The Hall–Kier alpha value is -3.50. The molecular weight excluding hydrogens is 396 g/mol. The summed E-state index contributed by atoms with van der Waals surface area (Å²) in [7, 11) is 0. The summed E-state index contributed by atoms with van der Waals surface area (Å²) in [6.07, 6.45) is 0.422. The maximum Gasteiger partial charge on any atom is 0.407 e. The van der Waals surface area contributed by atoms with Crippen LogP contribution < -0.4 is 5.32 Å². The standard InChI is InChI=1S/C19H24N4O7/c24-16-8-9-17(25)23(16)30-18(26)10-13-22(21-28)12-5-4-11-20-19(27)29-14-15-6-2-1-3-7-15/h1-3,6-7H,4-5,8-14H2,(H,20,27). The molecule has 30 heavy (non-hydrogen) atoms. The normalized spacial score (nSPS) is 13.1. The maximum atomic E-state index is 11.7. The second kappa shape index (κ2) is 12.1. The quantitative estimate of drug-likeness (QED) is 0.234. The third-order valence-electron chi connectivity index (χ3n) is 4.21. The predicted molar refractivity (Wildman–Crippen MR) is 103 cm³/mol. The molecule has 162 valence electrons. The first-order valence-corrected chi connectivity index (χ1v) is 9.59. The molecule has 3 amide bonds. The highest BCUT2D eigenvalue weighted by Gasteiger charge is 2.32. The van der Waals surface area contributed by atoms with Crippen LogP contribution in [0.5, 0.6) is 0 Å². The van der Waals surface area contributed by atoms with Gasteiger partial charge in [0.25, 0.3) is 11.8 Å². The van der Waals surface area contributed by atoms with Gasteiger partial charge in [0.15, 0.2) is 0 Å². The van der Waals surface area contributed by atoms with E-state index in [2.05, 4.69) is 10.6 Å². The summed E-state index contributed by atoms with van der Waals surface area (Å²) in [6, 6.07) is 9.29. The molecule has 0 bridgehead atoms. The topological polar surface area (TPSA) is 135 Å². The molecule has 1 heterocycles. The molecule has 1 aromatic carbocycles. The number of hydrogen-bond acceptors (Lipinski definition) is 8. The number of benzene rings is 1. The smallest absolute Gasteiger partial charge is 0.407 e. The number of imide groups is 1. The van der Waals surface area contributed by atoms with E-state index in [0.717, 1.165) is 10.6 Å². The largest absolute Gasteiger partial charge is 0.445 e. The van der Waals surface area contributed by atoms with Crippen LogP contribution in [0, 0.1) is 4.91 Å². The van der Waals surface area contributed by atoms with Gasteiger partial charge in [0.1, 0.15) is 6.61 Å². The van der Waals surface area contributed by atoms with Gasteiger partial charge in [-0.25, -0.2) is 9.59 Å². The Morgan fingerprint density at radius 3 is 2.43 bits per heavy atom. The number of rotatable bonds is 12. The average molecular weight is 420 g/mol. The highest BCUT2D eigenvalue weighted by molar-refractivity contribution is 6.01. The highest BCUT2D eigenvalue weighted by atomic mass is 16.7. The lowest BCUT2D eigenvalue weighted by atomic mass is 10.2. The number of nitrogens with one attached hydrogen (secondary N) is 1. The monoisotopic (exact) mass is 420 g/mol. The molecule has 1 N–H and O–H groups in total. The van der Waals surface area contributed by atoms with Crippen molar-refractivity contribution in [2.75, 3.05) is 19.6 Å². The fourth-order valence-electron chi connectivity index (χ4n) is 2.60. The molecule has 0 unspecified atom stereocenters. The van der Waals surface area contributed by atoms with Gasteiger partial charge in [-0.15, -0.1) is 9.97 Å². The summed E-state index contributed by atoms with van der Waals surface area (Å²) >= 11 is 0. The first kappa shape index (κ1) is 22.8. The first-order valence-electron chi connectivity index (χ1n) is 9.59. The van der Waals surface area contributed by atoms with Crippen molar-refractivity contribution in [3.63, 3.8) is 0 Å². The molecule has 1 aliphatic heterocycles. The van der Waals surface area contributed by atoms with E-state index in [0.29, 0.717) is 24.4 Å². The lowest BCUT2D eigenvalue weighted by molar-refractivity contribution is -0.197. The molecule has 0 aliphatic carbocycles. The lowest BCUT2D eigenvalue weighted by Crippen LogP contribution is -2.33. The van der Waals surface area contributed by atoms with E-state index < -0.39 is 23.9 Å². The summed E-state index contributed by atoms with van der Waals surface area (Å²) in [5, 5.41) is 7.05. The Morgan fingerprint density at radius 1 is 1.07 bits per heavy atom. The van der Waals surface area contributed by atoms with Crippen molar-refractivity contribution in [1.29, 1.82) is 0 Å². The molecule has 1 aliphatic rings. The van der Waals surface area contributed by atoms with Gasteiger partial charge < -0.3 is 14.9 Å². The van der Waals surface area contributed by atoms with Gasteiger partial charge in [-0.3, -0.25) is 14.6 Å². The van der Waals surface area contributed by atoms with Gasteiger partial charge in [-0.1, -0.05) is 30.3 Å². The van der Waals surface area contributed by atoms with E-state index >= 15 is 0 Å².